The molecule has 0 amide bonds. The first-order chi connectivity index (χ1) is 7.15. The molecule has 0 bridgehead atoms. The second-order valence-electron chi connectivity index (χ2n) is 4.37. The molecule has 88 valence electrons. The van der Waals surface area contributed by atoms with E-state index in [1.54, 1.807) is 0 Å². The minimum atomic E-state index is -0.0751. The molecule has 0 aromatic carbocycles. The zero-order valence-corrected chi connectivity index (χ0v) is 10.0. The van der Waals surface area contributed by atoms with Crippen LogP contribution in [-0.2, 0) is 9.53 Å². The largest absolute Gasteiger partial charge is 0.468 e. The third kappa shape index (κ3) is 3.80. The molecule has 0 aromatic rings. The molecular weight excluding hydrogens is 192 g/mol. The number of esters is 1. The number of nitrogens with zero attached hydrogens (tertiary/aromatic N) is 2. The number of hydrogen-bond acceptors (Lipinski definition) is 4. The van der Waals surface area contributed by atoms with E-state index in [9.17, 15) is 4.79 Å². The van der Waals surface area contributed by atoms with Gasteiger partial charge in [-0.05, 0) is 46.4 Å². The van der Waals surface area contributed by atoms with Crippen LogP contribution in [0.3, 0.4) is 0 Å². The van der Waals surface area contributed by atoms with Crippen molar-refractivity contribution in [3.8, 4) is 0 Å². The molecule has 1 aliphatic heterocycles. The third-order valence-electron chi connectivity index (χ3n) is 2.90. The Kier molecular flexibility index (Phi) is 5.05. The van der Waals surface area contributed by atoms with Gasteiger partial charge in [0.05, 0.1) is 7.11 Å². The monoisotopic (exact) mass is 214 g/mol. The molecule has 4 heteroatoms. The summed E-state index contributed by atoms with van der Waals surface area (Å²) in [6.45, 7) is 3.19. The van der Waals surface area contributed by atoms with Gasteiger partial charge in [-0.25, -0.2) is 0 Å². The summed E-state index contributed by atoms with van der Waals surface area (Å²) in [5.41, 5.74) is 0. The van der Waals surface area contributed by atoms with Crippen molar-refractivity contribution < 1.29 is 9.53 Å². The van der Waals surface area contributed by atoms with E-state index in [1.807, 2.05) is 0 Å². The summed E-state index contributed by atoms with van der Waals surface area (Å²) in [5, 5.41) is 0. The van der Waals surface area contributed by atoms with Gasteiger partial charge < -0.3 is 9.64 Å². The molecule has 0 saturated carbocycles. The molecule has 1 aliphatic rings. The van der Waals surface area contributed by atoms with Gasteiger partial charge in [-0.2, -0.15) is 0 Å². The van der Waals surface area contributed by atoms with Crippen molar-refractivity contribution in [3.05, 3.63) is 0 Å². The van der Waals surface area contributed by atoms with Gasteiger partial charge in [0, 0.05) is 6.54 Å². The average Bonchev–Trinajstić information content (AvgIpc) is 2.15. The van der Waals surface area contributed by atoms with E-state index in [4.69, 9.17) is 4.74 Å². The lowest BCUT2D eigenvalue weighted by Gasteiger charge is -2.38. The Morgan fingerprint density at radius 2 is 2.20 bits per heavy atom. The molecule has 1 rings (SSSR count). The second kappa shape index (κ2) is 6.08. The van der Waals surface area contributed by atoms with Gasteiger partial charge in [-0.3, -0.25) is 9.69 Å². The van der Waals surface area contributed by atoms with Crippen molar-refractivity contribution >= 4 is 5.97 Å². The van der Waals surface area contributed by atoms with Crippen molar-refractivity contribution in [3.63, 3.8) is 0 Å². The number of unbranched alkanes of at least 4 members (excludes halogenated alkanes) is 1. The molecule has 15 heavy (non-hydrogen) atoms. The first-order valence-corrected chi connectivity index (χ1v) is 5.61. The Bertz CT molecular complexity index is 207. The highest BCUT2D eigenvalue weighted by Crippen LogP contribution is 2.18. The van der Waals surface area contributed by atoms with E-state index < -0.39 is 0 Å². The van der Waals surface area contributed by atoms with Gasteiger partial charge in [-0.1, -0.05) is 0 Å². The van der Waals surface area contributed by atoms with Crippen LogP contribution in [0.4, 0.5) is 0 Å². The van der Waals surface area contributed by atoms with E-state index in [-0.39, 0.29) is 12.0 Å². The number of rotatable bonds is 6. The lowest BCUT2D eigenvalue weighted by atomic mass is 10.0. The van der Waals surface area contributed by atoms with Gasteiger partial charge in [0.25, 0.3) is 0 Å². The molecule has 1 fully saturated rings. The minimum Gasteiger partial charge on any atom is -0.468 e. The van der Waals surface area contributed by atoms with Gasteiger partial charge in [0.15, 0.2) is 0 Å². The molecule has 1 unspecified atom stereocenters. The summed E-state index contributed by atoms with van der Waals surface area (Å²) in [6.07, 6.45) is 3.31. The molecule has 0 N–H and O–H groups in total. The average molecular weight is 214 g/mol. The van der Waals surface area contributed by atoms with Crippen molar-refractivity contribution in [2.24, 2.45) is 0 Å². The van der Waals surface area contributed by atoms with Crippen LogP contribution in [0.1, 0.15) is 19.3 Å². The van der Waals surface area contributed by atoms with Crippen LogP contribution in [0.2, 0.25) is 0 Å². The van der Waals surface area contributed by atoms with Crippen LogP contribution >= 0.6 is 0 Å². The predicted molar refractivity (Wildman–Crippen MR) is 59.8 cm³/mol. The number of ether oxygens (including phenoxy) is 1. The Morgan fingerprint density at radius 1 is 1.47 bits per heavy atom. The molecule has 0 spiro atoms. The lowest BCUT2D eigenvalue weighted by Crippen LogP contribution is -2.53. The number of carbonyl (C=O) groups excluding carboxylic acids is 1. The maximum Gasteiger partial charge on any atom is 0.323 e. The Labute approximate surface area is 92.2 Å². The minimum absolute atomic E-state index is 0.0364. The van der Waals surface area contributed by atoms with Crippen LogP contribution in [-0.4, -0.2) is 62.7 Å². The van der Waals surface area contributed by atoms with Gasteiger partial charge in [0.1, 0.15) is 6.04 Å². The van der Waals surface area contributed by atoms with Crippen LogP contribution in [0.5, 0.6) is 0 Å². The van der Waals surface area contributed by atoms with Crippen molar-refractivity contribution in [1.82, 2.24) is 9.80 Å². The third-order valence-corrected chi connectivity index (χ3v) is 2.90. The number of carbonyl (C=O) groups is 1. The van der Waals surface area contributed by atoms with Crippen molar-refractivity contribution in [2.45, 2.75) is 25.3 Å². The van der Waals surface area contributed by atoms with E-state index in [1.165, 1.54) is 13.5 Å². The van der Waals surface area contributed by atoms with Gasteiger partial charge in [-0.15, -0.1) is 0 Å². The maximum absolute atomic E-state index is 11.3. The second-order valence-corrected chi connectivity index (χ2v) is 4.37. The molecule has 4 nitrogen and oxygen atoms in total. The molecule has 0 aromatic heterocycles. The molecule has 0 radical (unpaired) electrons. The van der Waals surface area contributed by atoms with E-state index >= 15 is 0 Å². The zero-order chi connectivity index (χ0) is 11.3. The summed E-state index contributed by atoms with van der Waals surface area (Å²) < 4.78 is 4.74. The summed E-state index contributed by atoms with van der Waals surface area (Å²) in [6, 6.07) is 0.0364. The van der Waals surface area contributed by atoms with Crippen LogP contribution in [0.15, 0.2) is 0 Å². The standard InChI is InChI=1S/C11H22N2O2/c1-12(2)7-4-5-8-13-9-6-10(13)11(14)15-3/h10H,4-9H2,1-3H3. The first kappa shape index (κ1) is 12.5. The lowest BCUT2D eigenvalue weighted by molar-refractivity contribution is -0.151. The molecule has 1 heterocycles. The topological polar surface area (TPSA) is 32.8 Å². The fourth-order valence-electron chi connectivity index (χ4n) is 1.85. The highest BCUT2D eigenvalue weighted by molar-refractivity contribution is 5.76. The molecule has 0 aliphatic carbocycles. The highest BCUT2D eigenvalue weighted by atomic mass is 16.5. The molecule has 1 atom stereocenters. The van der Waals surface area contributed by atoms with E-state index in [2.05, 4.69) is 23.9 Å². The first-order valence-electron chi connectivity index (χ1n) is 5.61. The fourth-order valence-corrected chi connectivity index (χ4v) is 1.85. The van der Waals surface area contributed by atoms with Gasteiger partial charge in [0.2, 0.25) is 0 Å². The van der Waals surface area contributed by atoms with Crippen LogP contribution in [0, 0.1) is 0 Å². The summed E-state index contributed by atoms with van der Waals surface area (Å²) >= 11 is 0. The van der Waals surface area contributed by atoms with Crippen LogP contribution < -0.4 is 0 Å². The Balaban J connectivity index is 2.09. The predicted octanol–water partition coefficient (Wildman–Crippen LogP) is 0.575. The maximum atomic E-state index is 11.3. The Morgan fingerprint density at radius 3 is 2.67 bits per heavy atom. The van der Waals surface area contributed by atoms with Gasteiger partial charge >= 0.3 is 5.97 Å². The summed E-state index contributed by atoms with van der Waals surface area (Å²) in [7, 11) is 5.63. The quantitative estimate of drug-likeness (QED) is 0.478. The van der Waals surface area contributed by atoms with Crippen molar-refractivity contribution in [2.75, 3.05) is 40.8 Å². The Hall–Kier alpha value is -0.610. The zero-order valence-electron chi connectivity index (χ0n) is 10.0. The molecular formula is C11H22N2O2. The summed E-state index contributed by atoms with van der Waals surface area (Å²) in [4.78, 5) is 15.7. The van der Waals surface area contributed by atoms with Crippen molar-refractivity contribution in [1.29, 1.82) is 0 Å². The fraction of sp³-hybridized carbons (Fsp3) is 0.909. The highest BCUT2D eigenvalue weighted by Gasteiger charge is 2.34. The van der Waals surface area contributed by atoms with Crippen LogP contribution in [0.25, 0.3) is 0 Å². The number of likely N-dealkylation sites (tertiary alicyclic amines) is 1. The smallest absolute Gasteiger partial charge is 0.323 e. The molecule has 1 saturated heterocycles. The normalized spacial score (nSPS) is 21.5. The number of methoxy groups -OCH3 is 1. The number of hydrogen-bond donors (Lipinski definition) is 0. The van der Waals surface area contributed by atoms with E-state index in [0.717, 1.165) is 32.5 Å². The summed E-state index contributed by atoms with van der Waals surface area (Å²) in [5.74, 6) is -0.0751. The van der Waals surface area contributed by atoms with E-state index in [0.29, 0.717) is 0 Å². The SMILES string of the molecule is COC(=O)C1CCN1CCCCN(C)C.